The molecule has 33 heavy (non-hydrogen) atoms. The van der Waals surface area contributed by atoms with E-state index < -0.39 is 0 Å². The van der Waals surface area contributed by atoms with Gasteiger partial charge in [-0.1, -0.05) is 114 Å². The summed E-state index contributed by atoms with van der Waals surface area (Å²) in [6.45, 7) is 13.7. The Balaban J connectivity index is 1.76. The van der Waals surface area contributed by atoms with Gasteiger partial charge < -0.3 is 4.42 Å². The van der Waals surface area contributed by atoms with Gasteiger partial charge in [0.25, 0.3) is 0 Å². The third-order valence-corrected chi connectivity index (χ3v) is 6.58. The Morgan fingerprint density at radius 3 is 1.91 bits per heavy atom. The van der Waals surface area contributed by atoms with Gasteiger partial charge in [-0.05, 0) is 50.8 Å². The van der Waals surface area contributed by atoms with Crippen molar-refractivity contribution < 1.29 is 4.42 Å². The quantitative estimate of drug-likeness (QED) is 0.271. The Labute approximate surface area is 197 Å². The largest absolute Gasteiger partial charge is 0.455 e. The van der Waals surface area contributed by atoms with Gasteiger partial charge in [-0.25, -0.2) is 0 Å². The van der Waals surface area contributed by atoms with E-state index in [4.69, 9.17) is 4.42 Å². The summed E-state index contributed by atoms with van der Waals surface area (Å²) >= 11 is 0. The molecule has 0 bridgehead atoms. The topological polar surface area (TPSA) is 13.1 Å². The van der Waals surface area contributed by atoms with Crippen LogP contribution in [0.5, 0.6) is 0 Å². The molecule has 0 aliphatic rings. The number of rotatable bonds is 2. The van der Waals surface area contributed by atoms with Crippen LogP contribution in [0.3, 0.4) is 0 Å². The van der Waals surface area contributed by atoms with Crippen LogP contribution in [0.4, 0.5) is 0 Å². The SMILES string of the molecule is CC(C)(C)c1cccc(-c2cc(-c3cccc4c3oc3ccccc34)cc(C(C)(C)C)c2)c1. The summed E-state index contributed by atoms with van der Waals surface area (Å²) in [5, 5.41) is 2.33. The average Bonchev–Trinajstić information content (AvgIpc) is 3.16. The Kier molecular flexibility index (Phi) is 4.97. The molecular weight excluding hydrogens is 400 g/mol. The van der Waals surface area contributed by atoms with E-state index >= 15 is 0 Å². The summed E-state index contributed by atoms with van der Waals surface area (Å²) in [5.41, 5.74) is 9.55. The summed E-state index contributed by atoms with van der Waals surface area (Å²) in [7, 11) is 0. The van der Waals surface area contributed by atoms with E-state index in [1.807, 2.05) is 12.1 Å². The van der Waals surface area contributed by atoms with Gasteiger partial charge >= 0.3 is 0 Å². The van der Waals surface area contributed by atoms with E-state index in [0.717, 1.165) is 16.7 Å². The van der Waals surface area contributed by atoms with Crippen molar-refractivity contribution >= 4 is 21.9 Å². The summed E-state index contributed by atoms with van der Waals surface area (Å²) < 4.78 is 6.37. The van der Waals surface area contributed by atoms with Gasteiger partial charge in [0.2, 0.25) is 0 Å². The number of hydrogen-bond donors (Lipinski definition) is 0. The monoisotopic (exact) mass is 432 g/mol. The number of benzene rings is 4. The first-order chi connectivity index (χ1) is 15.6. The fourth-order valence-corrected chi connectivity index (χ4v) is 4.52. The molecule has 0 atom stereocenters. The maximum Gasteiger partial charge on any atom is 0.143 e. The van der Waals surface area contributed by atoms with Crippen molar-refractivity contribution in [3.05, 3.63) is 96.1 Å². The molecule has 4 aromatic carbocycles. The zero-order valence-electron chi connectivity index (χ0n) is 20.5. The highest BCUT2D eigenvalue weighted by Crippen LogP contribution is 2.39. The molecule has 1 heteroatoms. The van der Waals surface area contributed by atoms with Gasteiger partial charge in [0.15, 0.2) is 0 Å². The predicted molar refractivity (Wildman–Crippen MR) is 142 cm³/mol. The van der Waals surface area contributed by atoms with Crippen LogP contribution in [0.15, 0.2) is 89.3 Å². The molecule has 0 unspecified atom stereocenters. The van der Waals surface area contributed by atoms with E-state index in [0.29, 0.717) is 0 Å². The van der Waals surface area contributed by atoms with Gasteiger partial charge in [-0.2, -0.15) is 0 Å². The number of fused-ring (bicyclic) bond motifs is 3. The van der Waals surface area contributed by atoms with Crippen molar-refractivity contribution in [2.75, 3.05) is 0 Å². The molecular formula is C32H32O. The predicted octanol–water partition coefficient (Wildman–Crippen LogP) is 9.51. The molecule has 0 spiro atoms. The molecule has 0 N–H and O–H groups in total. The van der Waals surface area contributed by atoms with Gasteiger partial charge in [-0.3, -0.25) is 0 Å². The molecule has 5 rings (SSSR count). The van der Waals surface area contributed by atoms with E-state index in [2.05, 4.69) is 114 Å². The minimum atomic E-state index is 0.0359. The summed E-state index contributed by atoms with van der Waals surface area (Å²) in [6.07, 6.45) is 0. The third kappa shape index (κ3) is 3.97. The van der Waals surface area contributed by atoms with Crippen molar-refractivity contribution in [2.24, 2.45) is 0 Å². The first kappa shape index (κ1) is 21.5. The fraction of sp³-hybridized carbons (Fsp3) is 0.250. The molecule has 1 heterocycles. The standard InChI is InChI=1S/C32H32O/c1-31(2,3)24-12-9-11-21(18-24)22-17-23(20-25(19-22)32(4,5)6)26-14-10-15-28-27-13-7-8-16-29(27)33-30(26)28/h7-20H,1-6H3. The Bertz CT molecular complexity index is 1470. The summed E-state index contributed by atoms with van der Waals surface area (Å²) in [5.74, 6) is 0. The second kappa shape index (κ2) is 7.63. The Morgan fingerprint density at radius 1 is 0.515 bits per heavy atom. The second-order valence-corrected chi connectivity index (χ2v) is 11.2. The molecule has 0 amide bonds. The summed E-state index contributed by atoms with van der Waals surface area (Å²) in [4.78, 5) is 0. The first-order valence-electron chi connectivity index (χ1n) is 11.8. The van der Waals surface area contributed by atoms with Crippen LogP contribution in [-0.4, -0.2) is 0 Å². The van der Waals surface area contributed by atoms with E-state index in [1.165, 1.54) is 38.6 Å². The lowest BCUT2D eigenvalue weighted by Crippen LogP contribution is -2.12. The maximum atomic E-state index is 6.37. The van der Waals surface area contributed by atoms with Crippen LogP contribution in [0.1, 0.15) is 52.7 Å². The van der Waals surface area contributed by atoms with Gasteiger partial charge in [0, 0.05) is 16.3 Å². The molecule has 0 radical (unpaired) electrons. The van der Waals surface area contributed by atoms with Crippen molar-refractivity contribution in [1.29, 1.82) is 0 Å². The highest BCUT2D eigenvalue weighted by molar-refractivity contribution is 6.09. The van der Waals surface area contributed by atoms with Crippen molar-refractivity contribution in [3.63, 3.8) is 0 Å². The fourth-order valence-electron chi connectivity index (χ4n) is 4.52. The molecule has 0 fully saturated rings. The Morgan fingerprint density at radius 2 is 1.15 bits per heavy atom. The Hall–Kier alpha value is -3.32. The average molecular weight is 433 g/mol. The van der Waals surface area contributed by atoms with Crippen LogP contribution in [0.25, 0.3) is 44.2 Å². The lowest BCUT2D eigenvalue weighted by molar-refractivity contribution is 0.589. The molecule has 166 valence electrons. The van der Waals surface area contributed by atoms with Gasteiger partial charge in [0.1, 0.15) is 11.2 Å². The van der Waals surface area contributed by atoms with E-state index in [9.17, 15) is 0 Å². The molecule has 0 saturated carbocycles. The smallest absolute Gasteiger partial charge is 0.143 e. The van der Waals surface area contributed by atoms with Crippen LogP contribution in [-0.2, 0) is 10.8 Å². The zero-order chi connectivity index (χ0) is 23.4. The van der Waals surface area contributed by atoms with E-state index in [-0.39, 0.29) is 10.8 Å². The van der Waals surface area contributed by atoms with Gasteiger partial charge in [0.05, 0.1) is 0 Å². The van der Waals surface area contributed by atoms with Crippen molar-refractivity contribution in [3.8, 4) is 22.3 Å². The van der Waals surface area contributed by atoms with Crippen molar-refractivity contribution in [2.45, 2.75) is 52.4 Å². The van der Waals surface area contributed by atoms with E-state index in [1.54, 1.807) is 0 Å². The normalized spacial score (nSPS) is 12.5. The van der Waals surface area contributed by atoms with Gasteiger partial charge in [-0.15, -0.1) is 0 Å². The molecule has 1 aromatic heterocycles. The van der Waals surface area contributed by atoms with Crippen molar-refractivity contribution in [1.82, 2.24) is 0 Å². The number of furan rings is 1. The first-order valence-corrected chi connectivity index (χ1v) is 11.8. The zero-order valence-corrected chi connectivity index (χ0v) is 20.5. The molecule has 1 nitrogen and oxygen atoms in total. The molecule has 0 aliphatic heterocycles. The lowest BCUT2D eigenvalue weighted by atomic mass is 9.82. The van der Waals surface area contributed by atoms with Crippen LogP contribution >= 0.6 is 0 Å². The molecule has 5 aromatic rings. The number of hydrogen-bond acceptors (Lipinski definition) is 1. The minimum absolute atomic E-state index is 0.0359. The highest BCUT2D eigenvalue weighted by atomic mass is 16.3. The minimum Gasteiger partial charge on any atom is -0.455 e. The summed E-state index contributed by atoms with van der Waals surface area (Å²) in [6, 6.07) is 30.8. The second-order valence-electron chi connectivity index (χ2n) is 11.2. The lowest BCUT2D eigenvalue weighted by Gasteiger charge is -2.23. The van der Waals surface area contributed by atoms with Crippen LogP contribution in [0.2, 0.25) is 0 Å². The highest BCUT2D eigenvalue weighted by Gasteiger charge is 2.20. The number of para-hydroxylation sites is 2. The van der Waals surface area contributed by atoms with Crippen LogP contribution < -0.4 is 0 Å². The van der Waals surface area contributed by atoms with Crippen LogP contribution in [0, 0.1) is 0 Å². The third-order valence-electron chi connectivity index (χ3n) is 6.58. The molecule has 0 aliphatic carbocycles. The molecule has 0 saturated heterocycles. The maximum absolute atomic E-state index is 6.37.